The number of benzene rings is 1. The number of allylic oxidation sites excluding steroid dienone is 6. The molecule has 2 rings (SSSR count). The van der Waals surface area contributed by atoms with Crippen molar-refractivity contribution in [3.63, 3.8) is 0 Å². The van der Waals surface area contributed by atoms with E-state index in [2.05, 4.69) is 0 Å². The normalized spacial score (nSPS) is 12.9. The highest BCUT2D eigenvalue weighted by molar-refractivity contribution is 6.31. The summed E-state index contributed by atoms with van der Waals surface area (Å²) in [7, 11) is 0. The highest BCUT2D eigenvalue weighted by Crippen LogP contribution is 2.35. The molecule has 1 aromatic rings. The van der Waals surface area contributed by atoms with Gasteiger partial charge in [-0.1, -0.05) is 43.7 Å². The predicted molar refractivity (Wildman–Crippen MR) is 117 cm³/mol. The first-order valence-corrected chi connectivity index (χ1v) is 10.5. The molecule has 154 valence electrons. The number of Topliss-reactive ketones (excluding diaryl/α,β-unsaturated/α-hetero) is 1. The minimum absolute atomic E-state index is 0.103. The van der Waals surface area contributed by atoms with Gasteiger partial charge in [0.1, 0.15) is 36.0 Å². The van der Waals surface area contributed by atoms with Crippen LogP contribution in [0.1, 0.15) is 37.0 Å². The van der Waals surface area contributed by atoms with Crippen molar-refractivity contribution in [2.24, 2.45) is 0 Å². The molecule has 4 nitrogen and oxygen atoms in total. The van der Waals surface area contributed by atoms with E-state index in [4.69, 9.17) is 44.3 Å². The lowest BCUT2D eigenvalue weighted by atomic mass is 10.00. The number of alkyl halides is 2. The Morgan fingerprint density at radius 2 is 1.75 bits per heavy atom. The maximum absolute atomic E-state index is 12.8. The second kappa shape index (κ2) is 13.5. The molecule has 0 atom stereocenters. The quantitative estimate of drug-likeness (QED) is 0.360. The highest BCUT2D eigenvalue weighted by atomic mass is 35.5. The van der Waals surface area contributed by atoms with E-state index in [9.17, 15) is 9.90 Å². The van der Waals surface area contributed by atoms with Gasteiger partial charge in [-0.3, -0.25) is 4.79 Å². The lowest BCUT2D eigenvalue weighted by Crippen LogP contribution is -2.08. The van der Waals surface area contributed by atoms with Gasteiger partial charge in [-0.2, -0.15) is 0 Å². The van der Waals surface area contributed by atoms with Crippen molar-refractivity contribution >= 4 is 40.6 Å². The smallest absolute Gasteiger partial charge is 0.174 e. The molecule has 1 N–H and O–H groups in total. The average molecular weight is 448 g/mol. The Bertz CT molecular complexity index is 739. The summed E-state index contributed by atoms with van der Waals surface area (Å²) in [5, 5.41) is 11.0. The van der Waals surface area contributed by atoms with Crippen molar-refractivity contribution in [1.29, 1.82) is 0 Å². The van der Waals surface area contributed by atoms with Crippen molar-refractivity contribution < 1.29 is 19.4 Å². The molecule has 0 spiro atoms. The number of carbonyl (C=O) groups is 1. The number of hydrogen-bond acceptors (Lipinski definition) is 4. The van der Waals surface area contributed by atoms with Crippen molar-refractivity contribution in [1.82, 2.24) is 0 Å². The molecular weight excluding hydrogens is 423 g/mol. The Hall–Kier alpha value is -1.62. The van der Waals surface area contributed by atoms with Gasteiger partial charge in [-0.25, -0.2) is 0 Å². The minimum Gasteiger partial charge on any atom is -0.507 e. The molecule has 0 amide bonds. The van der Waals surface area contributed by atoms with Gasteiger partial charge < -0.3 is 14.6 Å². The first-order chi connectivity index (χ1) is 13.5. The van der Waals surface area contributed by atoms with Crippen molar-refractivity contribution in [3.05, 3.63) is 52.6 Å². The van der Waals surface area contributed by atoms with Crippen molar-refractivity contribution in [2.75, 3.05) is 25.0 Å². The molecule has 1 aliphatic carbocycles. The van der Waals surface area contributed by atoms with Crippen LogP contribution in [0.5, 0.6) is 17.2 Å². The van der Waals surface area contributed by atoms with E-state index in [1.807, 2.05) is 26.0 Å². The Morgan fingerprint density at radius 1 is 1.07 bits per heavy atom. The molecule has 0 saturated heterocycles. The third kappa shape index (κ3) is 7.78. The van der Waals surface area contributed by atoms with Crippen LogP contribution in [0.25, 0.3) is 0 Å². The lowest BCUT2D eigenvalue weighted by Gasteiger charge is -2.14. The Kier molecular flexibility index (Phi) is 11.8. The zero-order valence-corrected chi connectivity index (χ0v) is 18.3. The van der Waals surface area contributed by atoms with E-state index in [0.29, 0.717) is 23.1 Å². The van der Waals surface area contributed by atoms with E-state index in [-0.39, 0.29) is 48.4 Å². The van der Waals surface area contributed by atoms with Crippen LogP contribution in [0, 0.1) is 0 Å². The van der Waals surface area contributed by atoms with E-state index < -0.39 is 0 Å². The number of ketones is 1. The van der Waals surface area contributed by atoms with Crippen LogP contribution in [-0.4, -0.2) is 35.9 Å². The standard InChI is InChI=1S/C19H19Cl3O4.C2H6/c20-6-8-25-15-11-17(24)19(18(12-15)26-9-7-21)16(23)10-13-2-1-3-14(22)5-4-13;1-2/h2-5,11-12,24H,1,6-10H2;1-2H3. The fourth-order valence-corrected chi connectivity index (χ4v) is 2.72. The van der Waals surface area contributed by atoms with E-state index in [1.165, 1.54) is 6.07 Å². The van der Waals surface area contributed by atoms with Gasteiger partial charge in [0.15, 0.2) is 5.78 Å². The molecule has 28 heavy (non-hydrogen) atoms. The molecule has 1 aliphatic rings. The molecule has 0 aliphatic heterocycles. The summed E-state index contributed by atoms with van der Waals surface area (Å²) < 4.78 is 11.0. The third-order valence-corrected chi connectivity index (χ3v) is 4.12. The third-order valence-electron chi connectivity index (χ3n) is 3.53. The molecule has 1 aromatic carbocycles. The Labute approximate surface area is 181 Å². The SMILES string of the molecule is CC.O=C(CC1=CCC=C(Cl)C=C1)c1c(O)cc(OCCCl)cc1OCCCl. The van der Waals surface area contributed by atoms with Crippen LogP contribution >= 0.6 is 34.8 Å². The number of ether oxygens (including phenoxy) is 2. The number of phenolic OH excluding ortho intramolecular Hbond substituents is 1. The van der Waals surface area contributed by atoms with Gasteiger partial charge in [0, 0.05) is 23.6 Å². The number of rotatable bonds is 9. The Balaban J connectivity index is 0.00000190. The van der Waals surface area contributed by atoms with Crippen molar-refractivity contribution in [2.45, 2.75) is 26.7 Å². The summed E-state index contributed by atoms with van der Waals surface area (Å²) in [5.74, 6) is 0.671. The van der Waals surface area contributed by atoms with Crippen LogP contribution < -0.4 is 9.47 Å². The zero-order valence-electron chi connectivity index (χ0n) is 16.0. The molecule has 0 fully saturated rings. The van der Waals surface area contributed by atoms with Gasteiger partial charge in [0.05, 0.1) is 11.8 Å². The van der Waals surface area contributed by atoms with Crippen LogP contribution in [-0.2, 0) is 0 Å². The molecule has 0 unspecified atom stereocenters. The van der Waals surface area contributed by atoms with Crippen LogP contribution in [0.3, 0.4) is 0 Å². The average Bonchev–Trinajstić information content (AvgIpc) is 2.90. The number of hydrogen-bond donors (Lipinski definition) is 1. The van der Waals surface area contributed by atoms with Crippen LogP contribution in [0.15, 0.2) is 47.0 Å². The van der Waals surface area contributed by atoms with E-state index in [0.717, 1.165) is 5.57 Å². The van der Waals surface area contributed by atoms with Gasteiger partial charge in [0.2, 0.25) is 0 Å². The highest BCUT2D eigenvalue weighted by Gasteiger charge is 2.20. The monoisotopic (exact) mass is 446 g/mol. The van der Waals surface area contributed by atoms with Gasteiger partial charge in [-0.05, 0) is 18.1 Å². The number of carbonyl (C=O) groups excluding carboxylic acids is 1. The summed E-state index contributed by atoms with van der Waals surface area (Å²) in [6, 6.07) is 2.94. The molecule has 0 saturated carbocycles. The summed E-state index contributed by atoms with van der Waals surface area (Å²) >= 11 is 17.3. The van der Waals surface area contributed by atoms with Gasteiger partial charge in [0.25, 0.3) is 0 Å². The number of phenols is 1. The summed E-state index contributed by atoms with van der Waals surface area (Å²) in [6.45, 7) is 4.47. The molecule has 0 radical (unpaired) electrons. The van der Waals surface area contributed by atoms with Crippen molar-refractivity contribution in [3.8, 4) is 17.2 Å². The fraction of sp³-hybridized carbons (Fsp3) is 0.381. The molecule has 7 heteroatoms. The first kappa shape index (κ1) is 24.4. The summed E-state index contributed by atoms with van der Waals surface area (Å²) in [4.78, 5) is 12.8. The topological polar surface area (TPSA) is 55.8 Å². The molecule has 0 bridgehead atoms. The number of aromatic hydroxyl groups is 1. The maximum atomic E-state index is 12.8. The maximum Gasteiger partial charge on any atom is 0.174 e. The van der Waals surface area contributed by atoms with Gasteiger partial charge in [-0.15, -0.1) is 23.2 Å². The second-order valence-electron chi connectivity index (χ2n) is 5.43. The van der Waals surface area contributed by atoms with Gasteiger partial charge >= 0.3 is 0 Å². The second-order valence-corrected chi connectivity index (χ2v) is 6.62. The zero-order chi connectivity index (χ0) is 20.9. The summed E-state index contributed by atoms with van der Waals surface area (Å²) in [6.07, 6.45) is 8.05. The van der Waals surface area contributed by atoms with Crippen LogP contribution in [0.2, 0.25) is 0 Å². The molecule has 0 aromatic heterocycles. The number of halogens is 3. The Morgan fingerprint density at radius 3 is 2.43 bits per heavy atom. The van der Waals surface area contributed by atoms with E-state index in [1.54, 1.807) is 18.2 Å². The van der Waals surface area contributed by atoms with Crippen LogP contribution in [0.4, 0.5) is 0 Å². The first-order valence-electron chi connectivity index (χ1n) is 9.05. The largest absolute Gasteiger partial charge is 0.507 e. The van der Waals surface area contributed by atoms with E-state index >= 15 is 0 Å². The molecular formula is C21H25Cl3O4. The lowest BCUT2D eigenvalue weighted by molar-refractivity contribution is 0.0987. The minimum atomic E-state index is -0.273. The summed E-state index contributed by atoms with van der Waals surface area (Å²) in [5.41, 5.74) is 0.915. The fourth-order valence-electron chi connectivity index (χ4n) is 2.41. The predicted octanol–water partition coefficient (Wildman–Crippen LogP) is 6.24. The molecule has 0 heterocycles.